The van der Waals surface area contributed by atoms with Gasteiger partial charge in [-0.25, -0.2) is 9.25 Å². The van der Waals surface area contributed by atoms with Crippen molar-refractivity contribution in [3.8, 4) is 11.5 Å². The maximum atomic E-state index is 13.6. The molecular formula is C23H31N2O5P. The van der Waals surface area contributed by atoms with Crippen molar-refractivity contribution in [2.45, 2.75) is 39.3 Å². The Morgan fingerprint density at radius 3 is 1.71 bits per heavy atom. The fourth-order valence-electron chi connectivity index (χ4n) is 4.12. The van der Waals surface area contributed by atoms with E-state index in [4.69, 9.17) is 18.7 Å². The molecule has 0 saturated carbocycles. The quantitative estimate of drug-likeness (QED) is 0.550. The van der Waals surface area contributed by atoms with Crippen molar-refractivity contribution in [2.75, 3.05) is 33.5 Å². The smallest absolute Gasteiger partial charge is 0.363 e. The van der Waals surface area contributed by atoms with Gasteiger partial charge in [-0.2, -0.15) is 10.1 Å². The van der Waals surface area contributed by atoms with E-state index in [1.54, 1.807) is 24.3 Å². The molecule has 7 nitrogen and oxygen atoms in total. The molecule has 0 aliphatic carbocycles. The maximum absolute atomic E-state index is 13.6. The first-order valence-electron chi connectivity index (χ1n) is 10.8. The molecule has 0 N–H and O–H groups in total. The zero-order valence-corrected chi connectivity index (χ0v) is 19.4. The molecule has 2 heterocycles. The van der Waals surface area contributed by atoms with Gasteiger partial charge >= 0.3 is 7.60 Å². The molecule has 2 aliphatic rings. The fraction of sp³-hybridized carbons (Fsp3) is 0.478. The summed E-state index contributed by atoms with van der Waals surface area (Å²) in [6.07, 6.45) is 2.74. The average molecular weight is 446 g/mol. The van der Waals surface area contributed by atoms with E-state index in [2.05, 4.69) is 12.1 Å². The van der Waals surface area contributed by atoms with E-state index in [0.717, 1.165) is 41.9 Å². The first-order valence-corrected chi connectivity index (χ1v) is 12.5. The number of rotatable bonds is 8. The van der Waals surface area contributed by atoms with Gasteiger partial charge in [-0.05, 0) is 65.8 Å². The summed E-state index contributed by atoms with van der Waals surface area (Å²) in [5.74, 6) is 1.72. The molecule has 8 heteroatoms. The number of benzene rings is 2. The molecule has 0 radical (unpaired) electrons. The molecule has 0 saturated heterocycles. The number of fused-ring (bicyclic) bond motifs is 2. The summed E-state index contributed by atoms with van der Waals surface area (Å²) >= 11 is 0. The number of hydrogen-bond donors (Lipinski definition) is 0. The number of hydroxylamine groups is 4. The van der Waals surface area contributed by atoms with Gasteiger partial charge in [0.25, 0.3) is 0 Å². The third-order valence-electron chi connectivity index (χ3n) is 5.76. The van der Waals surface area contributed by atoms with Gasteiger partial charge in [-0.3, -0.25) is 4.57 Å². The summed E-state index contributed by atoms with van der Waals surface area (Å²) < 4.78 is 36.3. The highest BCUT2D eigenvalue weighted by Crippen LogP contribution is 2.51. The lowest BCUT2D eigenvalue weighted by molar-refractivity contribution is -0.134. The first-order chi connectivity index (χ1) is 15.0. The predicted molar refractivity (Wildman–Crippen MR) is 119 cm³/mol. The fourth-order valence-corrected chi connectivity index (χ4v) is 5.85. The monoisotopic (exact) mass is 446 g/mol. The van der Waals surface area contributed by atoms with Crippen LogP contribution in [0.1, 0.15) is 35.6 Å². The Bertz CT molecular complexity index is 895. The van der Waals surface area contributed by atoms with Crippen LogP contribution in [0.25, 0.3) is 0 Å². The van der Waals surface area contributed by atoms with Gasteiger partial charge in [-0.15, -0.1) is 0 Å². The summed E-state index contributed by atoms with van der Waals surface area (Å²) in [6, 6.07) is 12.1. The van der Waals surface area contributed by atoms with Crippen molar-refractivity contribution < 1.29 is 23.3 Å². The number of ether oxygens (including phenoxy) is 2. The average Bonchev–Trinajstić information content (AvgIpc) is 2.78. The molecule has 2 aliphatic heterocycles. The molecule has 0 atom stereocenters. The van der Waals surface area contributed by atoms with E-state index in [0.29, 0.717) is 32.3 Å². The highest BCUT2D eigenvalue weighted by Gasteiger charge is 2.33. The van der Waals surface area contributed by atoms with E-state index in [1.165, 1.54) is 11.1 Å². The van der Waals surface area contributed by atoms with E-state index < -0.39 is 7.60 Å². The Kier molecular flexibility index (Phi) is 6.99. The van der Waals surface area contributed by atoms with E-state index in [-0.39, 0.29) is 0 Å². The van der Waals surface area contributed by atoms with Crippen molar-refractivity contribution in [3.63, 3.8) is 0 Å². The van der Waals surface area contributed by atoms with Crippen molar-refractivity contribution in [2.24, 2.45) is 0 Å². The van der Waals surface area contributed by atoms with Crippen molar-refractivity contribution in [1.82, 2.24) is 10.1 Å². The molecule has 2 aromatic carbocycles. The minimum Gasteiger partial charge on any atom is -0.497 e. The zero-order chi connectivity index (χ0) is 21.8. The van der Waals surface area contributed by atoms with Crippen LogP contribution in [0.15, 0.2) is 36.4 Å². The van der Waals surface area contributed by atoms with Gasteiger partial charge in [0.05, 0.1) is 20.4 Å². The van der Waals surface area contributed by atoms with E-state index in [1.807, 2.05) is 31.2 Å². The van der Waals surface area contributed by atoms with Crippen LogP contribution in [-0.4, -0.2) is 43.6 Å². The number of methoxy groups -OCH3 is 2. The summed E-state index contributed by atoms with van der Waals surface area (Å²) in [5.41, 5.74) is 4.81. The Hall–Kier alpha value is -1.89. The lowest BCUT2D eigenvalue weighted by Crippen LogP contribution is -2.34. The molecule has 0 unspecified atom stereocenters. The second kappa shape index (κ2) is 9.72. The second-order valence-electron chi connectivity index (χ2n) is 7.99. The normalized spacial score (nSPS) is 17.1. The van der Waals surface area contributed by atoms with Crippen LogP contribution >= 0.6 is 7.60 Å². The molecule has 31 heavy (non-hydrogen) atoms. The molecular weight excluding hydrogens is 415 g/mol. The van der Waals surface area contributed by atoms with Crippen LogP contribution in [0.2, 0.25) is 0 Å². The van der Waals surface area contributed by atoms with Crippen molar-refractivity contribution in [3.05, 3.63) is 58.7 Å². The van der Waals surface area contributed by atoms with Crippen molar-refractivity contribution >= 4 is 7.60 Å². The van der Waals surface area contributed by atoms with Crippen LogP contribution < -0.4 is 9.47 Å². The Labute approximate surface area is 184 Å². The van der Waals surface area contributed by atoms with Gasteiger partial charge in [-0.1, -0.05) is 19.1 Å². The van der Waals surface area contributed by atoms with Gasteiger partial charge < -0.3 is 9.47 Å². The lowest BCUT2D eigenvalue weighted by Gasteiger charge is -2.34. The molecule has 0 bridgehead atoms. The van der Waals surface area contributed by atoms with Crippen LogP contribution in [0.3, 0.4) is 0 Å². The van der Waals surface area contributed by atoms with E-state index in [9.17, 15) is 4.57 Å². The Morgan fingerprint density at radius 1 is 0.806 bits per heavy atom. The van der Waals surface area contributed by atoms with Crippen LogP contribution in [0, 0.1) is 0 Å². The standard InChI is InChI=1S/C23H31N2O5P/c1-4-13-31(26,29-24-11-9-18-14-22(27-2)7-5-20(18)16-24)30-25-12-10-19-15-23(28-3)8-6-21(19)17-25/h5-8,14-15H,4,9-13,16-17H2,1-3H3. The third-order valence-corrected chi connectivity index (χ3v) is 7.71. The van der Waals surface area contributed by atoms with Gasteiger partial charge in [0, 0.05) is 26.2 Å². The van der Waals surface area contributed by atoms with Gasteiger partial charge in [0.1, 0.15) is 11.5 Å². The molecule has 0 spiro atoms. The highest BCUT2D eigenvalue weighted by atomic mass is 31.2. The van der Waals surface area contributed by atoms with Crippen LogP contribution in [0.4, 0.5) is 0 Å². The second-order valence-corrected chi connectivity index (χ2v) is 9.99. The Balaban J connectivity index is 1.42. The largest absolute Gasteiger partial charge is 0.497 e. The first kappa shape index (κ1) is 22.3. The van der Waals surface area contributed by atoms with E-state index >= 15 is 0 Å². The molecule has 2 aromatic rings. The molecule has 4 rings (SSSR count). The molecule has 0 amide bonds. The summed E-state index contributed by atoms with van der Waals surface area (Å²) in [7, 11) is 0.0406. The molecule has 168 valence electrons. The third kappa shape index (κ3) is 5.30. The Morgan fingerprint density at radius 2 is 1.29 bits per heavy atom. The van der Waals surface area contributed by atoms with Crippen molar-refractivity contribution in [1.29, 1.82) is 0 Å². The minimum absolute atomic E-state index is 0.380. The SMILES string of the molecule is CCCP(=O)(ON1CCc2cc(OC)ccc2C1)ON1CCc2cc(OC)ccc2C1. The number of nitrogens with zero attached hydrogens (tertiary/aromatic N) is 2. The summed E-state index contributed by atoms with van der Waals surface area (Å²) in [6.45, 7) is 4.49. The van der Waals surface area contributed by atoms with Crippen LogP contribution in [-0.2, 0) is 39.7 Å². The minimum atomic E-state index is -3.31. The predicted octanol–water partition coefficient (Wildman–Crippen LogP) is 4.59. The maximum Gasteiger partial charge on any atom is 0.363 e. The highest BCUT2D eigenvalue weighted by molar-refractivity contribution is 7.53. The van der Waals surface area contributed by atoms with Gasteiger partial charge in [0.2, 0.25) is 0 Å². The zero-order valence-electron chi connectivity index (χ0n) is 18.5. The summed E-state index contributed by atoms with van der Waals surface area (Å²) in [5, 5.41) is 3.57. The molecule has 0 fully saturated rings. The molecule has 0 aromatic heterocycles. The number of hydrogen-bond acceptors (Lipinski definition) is 7. The lowest BCUT2D eigenvalue weighted by atomic mass is 10.0. The van der Waals surface area contributed by atoms with Gasteiger partial charge in [0.15, 0.2) is 0 Å². The summed E-state index contributed by atoms with van der Waals surface area (Å²) in [4.78, 5) is 0. The topological polar surface area (TPSA) is 60.5 Å². The van der Waals surface area contributed by atoms with Crippen LogP contribution in [0.5, 0.6) is 11.5 Å².